The monoisotopic (exact) mass is 378 g/mol. The minimum atomic E-state index is -4.65. The molecule has 3 rings (SSSR count). The topological polar surface area (TPSA) is 38.5 Å². The summed E-state index contributed by atoms with van der Waals surface area (Å²) in [4.78, 5) is 2.34. The molecule has 0 aromatic heterocycles. The van der Waals surface area contributed by atoms with Crippen molar-refractivity contribution < 1.29 is 17.9 Å². The summed E-state index contributed by atoms with van der Waals surface area (Å²) in [6.07, 6.45) is -2.73. The van der Waals surface area contributed by atoms with Crippen LogP contribution in [0.3, 0.4) is 0 Å². The number of anilines is 1. The third-order valence-electron chi connectivity index (χ3n) is 5.06. The predicted molar refractivity (Wildman–Crippen MR) is 101 cm³/mol. The lowest BCUT2D eigenvalue weighted by molar-refractivity contribution is -0.274. The Morgan fingerprint density at radius 1 is 0.926 bits per heavy atom. The van der Waals surface area contributed by atoms with E-state index >= 15 is 0 Å². The molecule has 0 spiro atoms. The lowest BCUT2D eigenvalue weighted by atomic mass is 9.89. The molecule has 0 unspecified atom stereocenters. The summed E-state index contributed by atoms with van der Waals surface area (Å²) in [5.74, 6) is 0.176. The van der Waals surface area contributed by atoms with Crippen molar-refractivity contribution in [3.63, 3.8) is 0 Å². The van der Waals surface area contributed by atoms with E-state index in [1.807, 2.05) is 13.8 Å². The summed E-state index contributed by atoms with van der Waals surface area (Å²) in [5, 5.41) is 0. The quantitative estimate of drug-likeness (QED) is 0.798. The standard InChI is InChI=1S/C21H25F3N2O/c1-20(2,25)17-5-7-18(8-6-17)26-13-11-16(12-14-26)15-3-9-19(10-4-15)27-21(22,23)24/h3-10,16H,11-14,25H2,1-2H3. The van der Waals surface area contributed by atoms with Crippen molar-refractivity contribution >= 4 is 5.69 Å². The van der Waals surface area contributed by atoms with Gasteiger partial charge < -0.3 is 15.4 Å². The number of ether oxygens (including phenoxy) is 1. The molecule has 1 aliphatic heterocycles. The first-order chi connectivity index (χ1) is 12.6. The Bertz CT molecular complexity index is 741. The van der Waals surface area contributed by atoms with Crippen molar-refractivity contribution in [3.8, 4) is 5.75 Å². The average Bonchev–Trinajstić information content (AvgIpc) is 2.61. The van der Waals surface area contributed by atoms with Crippen LogP contribution in [-0.2, 0) is 5.54 Å². The van der Waals surface area contributed by atoms with Crippen LogP contribution in [0.4, 0.5) is 18.9 Å². The van der Waals surface area contributed by atoms with Crippen LogP contribution in [0, 0.1) is 0 Å². The highest BCUT2D eigenvalue weighted by Crippen LogP contribution is 2.32. The molecule has 0 bridgehead atoms. The van der Waals surface area contributed by atoms with Gasteiger partial charge in [-0.05, 0) is 68.0 Å². The van der Waals surface area contributed by atoms with Crippen molar-refractivity contribution in [1.82, 2.24) is 0 Å². The van der Waals surface area contributed by atoms with Crippen molar-refractivity contribution in [1.29, 1.82) is 0 Å². The Morgan fingerprint density at radius 2 is 1.48 bits per heavy atom. The van der Waals surface area contributed by atoms with E-state index in [4.69, 9.17) is 5.73 Å². The molecule has 2 N–H and O–H groups in total. The molecule has 1 heterocycles. The second-order valence-corrected chi connectivity index (χ2v) is 7.65. The molecule has 146 valence electrons. The fourth-order valence-corrected chi connectivity index (χ4v) is 3.51. The molecule has 27 heavy (non-hydrogen) atoms. The van der Waals surface area contributed by atoms with Crippen molar-refractivity contribution in [2.45, 2.75) is 44.5 Å². The molecular formula is C21H25F3N2O. The van der Waals surface area contributed by atoms with Crippen molar-refractivity contribution in [2.24, 2.45) is 5.73 Å². The van der Waals surface area contributed by atoms with Crippen LogP contribution in [0.5, 0.6) is 5.75 Å². The summed E-state index contributed by atoms with van der Waals surface area (Å²) in [6, 6.07) is 14.6. The van der Waals surface area contributed by atoms with Crippen LogP contribution in [-0.4, -0.2) is 19.5 Å². The third-order valence-corrected chi connectivity index (χ3v) is 5.06. The van der Waals surface area contributed by atoms with E-state index in [1.54, 1.807) is 12.1 Å². The molecule has 0 saturated carbocycles. The number of rotatable bonds is 4. The van der Waals surface area contributed by atoms with Crippen molar-refractivity contribution in [3.05, 3.63) is 59.7 Å². The van der Waals surface area contributed by atoms with Gasteiger partial charge in [0.1, 0.15) is 5.75 Å². The van der Waals surface area contributed by atoms with Gasteiger partial charge in [0.15, 0.2) is 0 Å². The van der Waals surface area contributed by atoms with E-state index in [2.05, 4.69) is 33.9 Å². The van der Waals surface area contributed by atoms with Gasteiger partial charge in [-0.15, -0.1) is 13.2 Å². The summed E-state index contributed by atoms with van der Waals surface area (Å²) in [5.41, 5.74) is 9.11. The van der Waals surface area contributed by atoms with E-state index in [9.17, 15) is 13.2 Å². The largest absolute Gasteiger partial charge is 0.573 e. The minimum absolute atomic E-state index is 0.174. The van der Waals surface area contributed by atoms with Gasteiger partial charge in [0.05, 0.1) is 0 Å². The number of piperidine rings is 1. The van der Waals surface area contributed by atoms with Crippen LogP contribution < -0.4 is 15.4 Å². The van der Waals surface area contributed by atoms with Crippen molar-refractivity contribution in [2.75, 3.05) is 18.0 Å². The second-order valence-electron chi connectivity index (χ2n) is 7.65. The number of nitrogens with two attached hydrogens (primary N) is 1. The second kappa shape index (κ2) is 7.43. The third kappa shape index (κ3) is 5.16. The summed E-state index contributed by atoms with van der Waals surface area (Å²) < 4.78 is 40.7. The Morgan fingerprint density at radius 3 is 1.96 bits per heavy atom. The smallest absolute Gasteiger partial charge is 0.406 e. The van der Waals surface area contributed by atoms with Crippen LogP contribution in [0.25, 0.3) is 0 Å². The molecule has 2 aromatic rings. The van der Waals surface area contributed by atoms with Crippen LogP contribution >= 0.6 is 0 Å². The number of hydrogen-bond donors (Lipinski definition) is 1. The van der Waals surface area contributed by atoms with E-state index in [0.717, 1.165) is 37.1 Å². The van der Waals surface area contributed by atoms with Crippen LogP contribution in [0.15, 0.2) is 48.5 Å². The molecule has 0 radical (unpaired) electrons. The number of alkyl halides is 3. The summed E-state index contributed by atoms with van der Waals surface area (Å²) in [7, 11) is 0. The van der Waals surface area contributed by atoms with Gasteiger partial charge in [-0.25, -0.2) is 0 Å². The Kier molecular flexibility index (Phi) is 5.38. The normalized spacial score (nSPS) is 16.4. The molecule has 1 aliphatic rings. The van der Waals surface area contributed by atoms with E-state index in [-0.39, 0.29) is 11.3 Å². The predicted octanol–water partition coefficient (Wildman–Crippen LogP) is 5.16. The highest BCUT2D eigenvalue weighted by molar-refractivity contribution is 5.49. The van der Waals surface area contributed by atoms with Gasteiger partial charge in [0.25, 0.3) is 0 Å². The van der Waals surface area contributed by atoms with E-state index in [1.165, 1.54) is 17.8 Å². The molecular weight excluding hydrogens is 353 g/mol. The fourth-order valence-electron chi connectivity index (χ4n) is 3.51. The van der Waals surface area contributed by atoms with Crippen LogP contribution in [0.1, 0.15) is 43.7 Å². The highest BCUT2D eigenvalue weighted by Gasteiger charge is 2.31. The highest BCUT2D eigenvalue weighted by atomic mass is 19.4. The first-order valence-electron chi connectivity index (χ1n) is 9.12. The number of benzene rings is 2. The first-order valence-corrected chi connectivity index (χ1v) is 9.12. The van der Waals surface area contributed by atoms with Gasteiger partial charge in [-0.2, -0.15) is 0 Å². The maximum atomic E-state index is 12.3. The molecule has 0 atom stereocenters. The molecule has 1 fully saturated rings. The fraction of sp³-hybridized carbons (Fsp3) is 0.429. The molecule has 3 nitrogen and oxygen atoms in total. The van der Waals surface area contributed by atoms with Crippen LogP contribution in [0.2, 0.25) is 0 Å². The Hall–Kier alpha value is -2.21. The number of nitrogens with zero attached hydrogens (tertiary/aromatic N) is 1. The minimum Gasteiger partial charge on any atom is -0.406 e. The molecule has 2 aromatic carbocycles. The maximum Gasteiger partial charge on any atom is 0.573 e. The van der Waals surface area contributed by atoms with Gasteiger partial charge >= 0.3 is 6.36 Å². The lowest BCUT2D eigenvalue weighted by Gasteiger charge is -2.34. The summed E-state index contributed by atoms with van der Waals surface area (Å²) in [6.45, 7) is 5.80. The zero-order chi connectivity index (χ0) is 19.7. The van der Waals surface area contributed by atoms with Gasteiger partial charge in [0.2, 0.25) is 0 Å². The van der Waals surface area contributed by atoms with Gasteiger partial charge in [-0.3, -0.25) is 0 Å². The van der Waals surface area contributed by atoms with Gasteiger partial charge in [-0.1, -0.05) is 24.3 Å². The zero-order valence-corrected chi connectivity index (χ0v) is 15.6. The molecule has 1 saturated heterocycles. The summed E-state index contributed by atoms with van der Waals surface area (Å²) >= 11 is 0. The average molecular weight is 378 g/mol. The molecule has 0 aliphatic carbocycles. The molecule has 6 heteroatoms. The van der Waals surface area contributed by atoms with E-state index in [0.29, 0.717) is 5.92 Å². The lowest BCUT2D eigenvalue weighted by Crippen LogP contribution is -2.33. The maximum absolute atomic E-state index is 12.3. The first kappa shape index (κ1) is 19.5. The molecule has 0 amide bonds. The number of hydrogen-bond acceptors (Lipinski definition) is 3. The van der Waals surface area contributed by atoms with E-state index < -0.39 is 6.36 Å². The number of halogens is 3. The Labute approximate surface area is 157 Å². The Balaban J connectivity index is 1.58. The SMILES string of the molecule is CC(C)(N)c1ccc(N2CCC(c3ccc(OC(F)(F)F)cc3)CC2)cc1. The zero-order valence-electron chi connectivity index (χ0n) is 15.6. The van der Waals surface area contributed by atoms with Gasteiger partial charge in [0, 0.05) is 24.3 Å².